The van der Waals surface area contributed by atoms with E-state index in [2.05, 4.69) is 25.1 Å². The van der Waals surface area contributed by atoms with E-state index in [-0.39, 0.29) is 12.5 Å². The van der Waals surface area contributed by atoms with E-state index in [0.717, 1.165) is 24.4 Å². The van der Waals surface area contributed by atoms with Gasteiger partial charge in [-0.2, -0.15) is 9.47 Å². The van der Waals surface area contributed by atoms with E-state index in [4.69, 9.17) is 4.74 Å². The van der Waals surface area contributed by atoms with Crippen molar-refractivity contribution in [2.24, 2.45) is 0 Å². The molecule has 3 rings (SSSR count). The molecule has 1 amide bonds. The van der Waals surface area contributed by atoms with E-state index in [0.29, 0.717) is 24.2 Å². The Hall–Kier alpha value is -2.00. The smallest absolute Gasteiger partial charge is 0.241 e. The minimum absolute atomic E-state index is 0.00863. The van der Waals surface area contributed by atoms with E-state index >= 15 is 0 Å². The zero-order valence-electron chi connectivity index (χ0n) is 13.7. The zero-order chi connectivity index (χ0) is 16.8. The Bertz CT molecular complexity index is 664. The molecule has 0 radical (unpaired) electrons. The molecule has 0 spiro atoms. The molecule has 8 nitrogen and oxygen atoms in total. The average molecular weight is 350 g/mol. The normalized spacial score (nSPS) is 14.9. The molecule has 2 N–H and O–H groups in total. The third-order valence-electron chi connectivity index (χ3n) is 3.91. The van der Waals surface area contributed by atoms with Gasteiger partial charge in [-0.15, -0.1) is 0 Å². The summed E-state index contributed by atoms with van der Waals surface area (Å²) in [6.07, 6.45) is 8.74. The second-order valence-electron chi connectivity index (χ2n) is 5.86. The molecule has 1 aliphatic rings. The zero-order valence-corrected chi connectivity index (χ0v) is 14.5. The van der Waals surface area contributed by atoms with Gasteiger partial charge in [0.25, 0.3) is 0 Å². The van der Waals surface area contributed by atoms with Gasteiger partial charge in [-0.05, 0) is 12.8 Å². The molecule has 130 valence electrons. The predicted molar refractivity (Wildman–Crippen MR) is 91.4 cm³/mol. The summed E-state index contributed by atoms with van der Waals surface area (Å²) >= 11 is 1.30. The fourth-order valence-electron chi connectivity index (χ4n) is 2.73. The predicted octanol–water partition coefficient (Wildman–Crippen LogP) is 1.73. The molecule has 0 bridgehead atoms. The molecule has 0 aliphatic heterocycles. The minimum atomic E-state index is 0.00863. The number of nitrogens with one attached hydrogen (secondary N) is 2. The van der Waals surface area contributed by atoms with Crippen LogP contribution in [-0.2, 0) is 22.5 Å². The molecule has 1 saturated carbocycles. The van der Waals surface area contributed by atoms with E-state index in [1.807, 2.05) is 0 Å². The Morgan fingerprint density at radius 3 is 3.08 bits per heavy atom. The highest BCUT2D eigenvalue weighted by Gasteiger charge is 2.17. The van der Waals surface area contributed by atoms with Gasteiger partial charge in [0.15, 0.2) is 0 Å². The van der Waals surface area contributed by atoms with E-state index < -0.39 is 0 Å². The van der Waals surface area contributed by atoms with Crippen molar-refractivity contribution in [1.29, 1.82) is 0 Å². The lowest BCUT2D eigenvalue weighted by atomic mass is 10.2. The third kappa shape index (κ3) is 4.75. The first-order valence-corrected chi connectivity index (χ1v) is 8.90. The number of hydrogen-bond acceptors (Lipinski definition) is 7. The van der Waals surface area contributed by atoms with Crippen molar-refractivity contribution < 1.29 is 9.53 Å². The van der Waals surface area contributed by atoms with Crippen LogP contribution in [0.3, 0.4) is 0 Å². The first-order valence-electron chi connectivity index (χ1n) is 8.13. The molecule has 2 aromatic heterocycles. The Balaban J connectivity index is 1.49. The van der Waals surface area contributed by atoms with Crippen molar-refractivity contribution in [2.45, 2.75) is 44.7 Å². The summed E-state index contributed by atoms with van der Waals surface area (Å²) in [5.74, 6) is 0.766. The van der Waals surface area contributed by atoms with Crippen molar-refractivity contribution in [3.05, 3.63) is 18.2 Å². The summed E-state index contributed by atoms with van der Waals surface area (Å²) in [4.78, 5) is 16.4. The molecular formula is C15H22N6O2S. The van der Waals surface area contributed by atoms with Crippen LogP contribution >= 0.6 is 11.5 Å². The summed E-state index contributed by atoms with van der Waals surface area (Å²) in [5.41, 5.74) is 0.790. The highest BCUT2D eigenvalue weighted by Crippen LogP contribution is 2.19. The van der Waals surface area contributed by atoms with Gasteiger partial charge in [-0.25, -0.2) is 4.98 Å². The summed E-state index contributed by atoms with van der Waals surface area (Å²) in [6.45, 7) is 0.831. The summed E-state index contributed by atoms with van der Waals surface area (Å²) in [7, 11) is 1.66. The first-order chi connectivity index (χ1) is 11.7. The number of rotatable bonds is 8. The quantitative estimate of drug-likeness (QED) is 0.753. The van der Waals surface area contributed by atoms with Crippen LogP contribution in [0, 0.1) is 0 Å². The number of carbonyl (C=O) groups is 1. The number of methoxy groups -OCH3 is 1. The highest BCUT2D eigenvalue weighted by atomic mass is 32.1. The number of hydrogen-bond donors (Lipinski definition) is 2. The van der Waals surface area contributed by atoms with Gasteiger partial charge in [0.1, 0.15) is 12.4 Å². The van der Waals surface area contributed by atoms with Crippen LogP contribution in [0.25, 0.3) is 0 Å². The van der Waals surface area contributed by atoms with Crippen LogP contribution in [0.2, 0.25) is 0 Å². The van der Waals surface area contributed by atoms with Crippen molar-refractivity contribution in [1.82, 2.24) is 24.5 Å². The fraction of sp³-hybridized carbons (Fsp3) is 0.600. The van der Waals surface area contributed by atoms with Crippen molar-refractivity contribution in [2.75, 3.05) is 19.0 Å². The lowest BCUT2D eigenvalue weighted by Crippen LogP contribution is -2.35. The van der Waals surface area contributed by atoms with Crippen LogP contribution in [-0.4, -0.2) is 44.8 Å². The number of carbonyl (C=O) groups excluding carboxylic acids is 1. The maximum Gasteiger partial charge on any atom is 0.241 e. The molecule has 24 heavy (non-hydrogen) atoms. The lowest BCUT2D eigenvalue weighted by Gasteiger charge is -2.11. The summed E-state index contributed by atoms with van der Waals surface area (Å²) < 4.78 is 10.9. The Morgan fingerprint density at radius 1 is 1.46 bits per heavy atom. The van der Waals surface area contributed by atoms with Gasteiger partial charge in [0, 0.05) is 37.3 Å². The van der Waals surface area contributed by atoms with Crippen LogP contribution in [0.5, 0.6) is 0 Å². The molecule has 0 saturated heterocycles. The van der Waals surface area contributed by atoms with Crippen LogP contribution in [0.4, 0.5) is 10.8 Å². The Morgan fingerprint density at radius 2 is 2.29 bits per heavy atom. The summed E-state index contributed by atoms with van der Waals surface area (Å²) in [6, 6.07) is 0.331. The second kappa shape index (κ2) is 8.20. The standard InChI is InChI=1S/C15H22N6O2S/c1-23-7-6-13-19-15(24-20-13)18-12-8-16-21(9-12)10-14(22)17-11-4-2-3-5-11/h8-9,11H,2-7,10H2,1H3,(H,17,22)(H,18,19,20). The van der Waals surface area contributed by atoms with Gasteiger partial charge in [-0.1, -0.05) is 12.8 Å². The Kier molecular flexibility index (Phi) is 5.76. The van der Waals surface area contributed by atoms with Crippen molar-refractivity contribution in [3.63, 3.8) is 0 Å². The van der Waals surface area contributed by atoms with Crippen LogP contribution < -0.4 is 10.6 Å². The maximum atomic E-state index is 12.0. The van der Waals surface area contributed by atoms with Crippen LogP contribution in [0.15, 0.2) is 12.4 Å². The third-order valence-corrected chi connectivity index (χ3v) is 4.58. The van der Waals surface area contributed by atoms with Gasteiger partial charge in [0.05, 0.1) is 18.5 Å². The monoisotopic (exact) mass is 350 g/mol. The topological polar surface area (TPSA) is 94.0 Å². The van der Waals surface area contributed by atoms with Crippen LogP contribution in [0.1, 0.15) is 31.5 Å². The van der Waals surface area contributed by atoms with E-state index in [1.165, 1.54) is 24.4 Å². The van der Waals surface area contributed by atoms with Crippen molar-refractivity contribution in [3.8, 4) is 0 Å². The maximum absolute atomic E-state index is 12.0. The van der Waals surface area contributed by atoms with E-state index in [1.54, 1.807) is 24.2 Å². The lowest BCUT2D eigenvalue weighted by molar-refractivity contribution is -0.122. The molecule has 1 fully saturated rings. The molecule has 0 unspecified atom stereocenters. The summed E-state index contributed by atoms with van der Waals surface area (Å²) in [5, 5.41) is 11.1. The highest BCUT2D eigenvalue weighted by molar-refractivity contribution is 7.09. The average Bonchev–Trinajstić information content (AvgIpc) is 3.29. The molecule has 2 aromatic rings. The molecule has 9 heteroatoms. The Labute approximate surface area is 144 Å². The molecule has 1 aliphatic carbocycles. The van der Waals surface area contributed by atoms with Gasteiger partial charge < -0.3 is 15.4 Å². The second-order valence-corrected chi connectivity index (χ2v) is 6.61. The van der Waals surface area contributed by atoms with E-state index in [9.17, 15) is 4.79 Å². The minimum Gasteiger partial charge on any atom is -0.384 e. The number of aromatic nitrogens is 4. The SMILES string of the molecule is COCCc1nsc(Nc2cnn(CC(=O)NC3CCCC3)c2)n1. The molecule has 2 heterocycles. The number of nitrogens with zero attached hydrogens (tertiary/aromatic N) is 4. The largest absolute Gasteiger partial charge is 0.384 e. The van der Waals surface area contributed by atoms with Gasteiger partial charge in [0.2, 0.25) is 11.0 Å². The fourth-order valence-corrected chi connectivity index (χ4v) is 3.36. The van der Waals surface area contributed by atoms with Gasteiger partial charge in [-0.3, -0.25) is 9.48 Å². The number of anilines is 2. The molecular weight excluding hydrogens is 328 g/mol. The number of amides is 1. The molecule has 0 aromatic carbocycles. The first kappa shape index (κ1) is 16.8. The van der Waals surface area contributed by atoms with Gasteiger partial charge >= 0.3 is 0 Å². The molecule has 0 atom stereocenters. The van der Waals surface area contributed by atoms with Crippen molar-refractivity contribution >= 4 is 28.3 Å². The number of ether oxygens (including phenoxy) is 1.